The van der Waals surface area contributed by atoms with Gasteiger partial charge in [0, 0.05) is 12.6 Å². The Hall–Kier alpha value is -1.15. The molecule has 0 saturated carbocycles. The Kier molecular flexibility index (Phi) is 4.69. The molecule has 0 aliphatic carbocycles. The van der Waals surface area contributed by atoms with Crippen LogP contribution in [-0.4, -0.2) is 40.4 Å². The van der Waals surface area contributed by atoms with Crippen LogP contribution in [0.1, 0.15) is 0 Å². The summed E-state index contributed by atoms with van der Waals surface area (Å²) < 4.78 is 24.0. The number of nitrogens with one attached hydrogen (secondary N) is 1. The first-order valence-electron chi connectivity index (χ1n) is 4.41. The quantitative estimate of drug-likeness (QED) is 0.530. The van der Waals surface area contributed by atoms with E-state index in [0.717, 1.165) is 0 Å². The molecule has 1 aromatic heterocycles. The van der Waals surface area contributed by atoms with Crippen LogP contribution >= 0.6 is 11.8 Å². The van der Waals surface area contributed by atoms with Crippen LogP contribution in [0.4, 0.5) is 20.4 Å². The Morgan fingerprint density at radius 3 is 2.81 bits per heavy atom. The number of nitrogens with zero attached hydrogens (tertiary/aromatic N) is 2. The Labute approximate surface area is 95.5 Å². The van der Waals surface area contributed by atoms with Gasteiger partial charge in [0.25, 0.3) is 6.43 Å². The van der Waals surface area contributed by atoms with E-state index in [9.17, 15) is 8.78 Å². The first-order chi connectivity index (χ1) is 7.52. The number of hydrogen-bond acceptors (Lipinski definition) is 6. The number of thioether (sulfide) groups is 1. The third-order valence-corrected chi connectivity index (χ3v) is 2.24. The van der Waals surface area contributed by atoms with Gasteiger partial charge in [0.15, 0.2) is 5.16 Å². The summed E-state index contributed by atoms with van der Waals surface area (Å²) in [4.78, 5) is 7.88. The summed E-state index contributed by atoms with van der Waals surface area (Å²) in [6.07, 6.45) is -2.74. The number of rotatable bonds is 5. The lowest BCUT2D eigenvalue weighted by molar-refractivity contribution is 0.00380. The van der Waals surface area contributed by atoms with E-state index in [2.05, 4.69) is 15.3 Å². The van der Waals surface area contributed by atoms with Crippen LogP contribution in [0.25, 0.3) is 0 Å². The van der Waals surface area contributed by atoms with E-state index in [1.807, 2.05) is 0 Å². The summed E-state index contributed by atoms with van der Waals surface area (Å²) in [5.41, 5.74) is 5.49. The summed E-state index contributed by atoms with van der Waals surface area (Å²) >= 11 is 1.28. The van der Waals surface area contributed by atoms with E-state index >= 15 is 0 Å². The minimum absolute atomic E-state index is 0.244. The van der Waals surface area contributed by atoms with Gasteiger partial charge in [-0.2, -0.15) is 0 Å². The smallest absolute Gasteiger partial charge is 0.265 e. The molecule has 0 saturated heterocycles. The molecule has 0 radical (unpaired) electrons. The molecule has 0 aliphatic heterocycles. The van der Waals surface area contributed by atoms with E-state index in [4.69, 9.17) is 10.8 Å². The molecule has 4 N–H and O–H groups in total. The topological polar surface area (TPSA) is 84.1 Å². The molecule has 1 heterocycles. The van der Waals surface area contributed by atoms with Gasteiger partial charge in [-0.15, -0.1) is 0 Å². The van der Waals surface area contributed by atoms with Gasteiger partial charge in [-0.1, -0.05) is 11.8 Å². The molecule has 5 nitrogen and oxygen atoms in total. The van der Waals surface area contributed by atoms with Crippen LogP contribution in [0, 0.1) is 0 Å². The van der Waals surface area contributed by atoms with E-state index in [1.165, 1.54) is 17.8 Å². The minimum atomic E-state index is -2.79. The highest BCUT2D eigenvalue weighted by molar-refractivity contribution is 7.98. The molecule has 0 bridgehead atoms. The zero-order valence-electron chi connectivity index (χ0n) is 8.52. The summed E-state index contributed by atoms with van der Waals surface area (Å²) in [5.74, 6) is 0.560. The van der Waals surface area contributed by atoms with E-state index in [1.54, 1.807) is 6.26 Å². The zero-order valence-corrected chi connectivity index (χ0v) is 9.34. The van der Waals surface area contributed by atoms with E-state index in [-0.39, 0.29) is 12.4 Å². The van der Waals surface area contributed by atoms with Crippen molar-refractivity contribution in [3.8, 4) is 0 Å². The van der Waals surface area contributed by atoms with Crippen LogP contribution in [0.15, 0.2) is 11.2 Å². The largest absolute Gasteiger partial charge is 0.385 e. The third kappa shape index (κ3) is 3.78. The molecule has 0 aromatic carbocycles. The Balaban J connectivity index is 2.63. The molecule has 8 heteroatoms. The third-order valence-electron chi connectivity index (χ3n) is 1.69. The lowest BCUT2D eigenvalue weighted by atomic mass is 10.3. The van der Waals surface area contributed by atoms with Crippen molar-refractivity contribution in [1.82, 2.24) is 9.97 Å². The molecular weight excluding hydrogens is 238 g/mol. The van der Waals surface area contributed by atoms with Crippen molar-refractivity contribution < 1.29 is 13.9 Å². The molecule has 90 valence electrons. The van der Waals surface area contributed by atoms with Crippen molar-refractivity contribution in [2.45, 2.75) is 17.7 Å². The Bertz CT molecular complexity index is 353. The second kappa shape index (κ2) is 5.80. The van der Waals surface area contributed by atoms with Crippen LogP contribution in [0.3, 0.4) is 0 Å². The maximum atomic E-state index is 12.0. The Morgan fingerprint density at radius 2 is 2.25 bits per heavy atom. The Morgan fingerprint density at radius 1 is 1.56 bits per heavy atom. The van der Waals surface area contributed by atoms with E-state index in [0.29, 0.717) is 11.0 Å². The fourth-order valence-electron chi connectivity index (χ4n) is 0.923. The molecule has 0 spiro atoms. The zero-order chi connectivity index (χ0) is 12.1. The van der Waals surface area contributed by atoms with Crippen LogP contribution < -0.4 is 11.1 Å². The van der Waals surface area contributed by atoms with Gasteiger partial charge in [-0.25, -0.2) is 18.7 Å². The monoisotopic (exact) mass is 250 g/mol. The highest BCUT2D eigenvalue weighted by Crippen LogP contribution is 2.15. The summed E-state index contributed by atoms with van der Waals surface area (Å²) in [7, 11) is 0. The fourth-order valence-corrected chi connectivity index (χ4v) is 1.31. The molecule has 0 fully saturated rings. The molecule has 0 amide bonds. The van der Waals surface area contributed by atoms with Crippen LogP contribution in [0.5, 0.6) is 0 Å². The minimum Gasteiger partial charge on any atom is -0.385 e. The van der Waals surface area contributed by atoms with Gasteiger partial charge in [0.2, 0.25) is 0 Å². The number of alkyl halides is 2. The molecule has 1 aromatic rings. The number of nitrogen functional groups attached to an aromatic ring is 1. The van der Waals surface area contributed by atoms with Crippen molar-refractivity contribution in [3.05, 3.63) is 6.07 Å². The lowest BCUT2D eigenvalue weighted by Crippen LogP contribution is -2.27. The fraction of sp³-hybridized carbons (Fsp3) is 0.500. The second-order valence-electron chi connectivity index (χ2n) is 2.95. The summed E-state index contributed by atoms with van der Waals surface area (Å²) in [5, 5.41) is 11.9. The molecule has 16 heavy (non-hydrogen) atoms. The van der Waals surface area contributed by atoms with Crippen molar-refractivity contribution in [2.75, 3.05) is 23.9 Å². The van der Waals surface area contributed by atoms with E-state index < -0.39 is 12.5 Å². The predicted octanol–water partition coefficient (Wildman–Crippen LogP) is 0.819. The van der Waals surface area contributed by atoms with Crippen molar-refractivity contribution in [1.29, 1.82) is 0 Å². The molecular formula is C8H12F2N4OS. The number of aromatic nitrogens is 2. The average molecular weight is 250 g/mol. The lowest BCUT2D eigenvalue weighted by Gasteiger charge is -2.11. The number of nitrogens with two attached hydrogens (primary N) is 1. The molecule has 1 atom stereocenters. The van der Waals surface area contributed by atoms with Gasteiger partial charge in [0.05, 0.1) is 0 Å². The number of aliphatic hydroxyl groups excluding tert-OH is 1. The highest BCUT2D eigenvalue weighted by atomic mass is 32.2. The molecule has 1 unspecified atom stereocenters. The number of aliphatic hydroxyl groups is 1. The van der Waals surface area contributed by atoms with Crippen LogP contribution in [-0.2, 0) is 0 Å². The summed E-state index contributed by atoms with van der Waals surface area (Å²) in [6, 6.07) is 1.41. The molecule has 0 aliphatic rings. The summed E-state index contributed by atoms with van der Waals surface area (Å²) in [6.45, 7) is -0.290. The maximum absolute atomic E-state index is 12.0. The average Bonchev–Trinajstić information content (AvgIpc) is 2.24. The van der Waals surface area contributed by atoms with Gasteiger partial charge in [0.1, 0.15) is 17.7 Å². The maximum Gasteiger partial charge on any atom is 0.265 e. The van der Waals surface area contributed by atoms with Gasteiger partial charge in [-0.3, -0.25) is 0 Å². The van der Waals surface area contributed by atoms with Gasteiger partial charge >= 0.3 is 0 Å². The van der Waals surface area contributed by atoms with Gasteiger partial charge in [-0.05, 0) is 6.26 Å². The van der Waals surface area contributed by atoms with Crippen molar-refractivity contribution in [3.63, 3.8) is 0 Å². The van der Waals surface area contributed by atoms with Crippen molar-refractivity contribution in [2.24, 2.45) is 0 Å². The first kappa shape index (κ1) is 12.9. The van der Waals surface area contributed by atoms with Gasteiger partial charge < -0.3 is 16.2 Å². The number of halogens is 2. The standard InChI is InChI=1S/C8H12F2N4OS/c1-16-8-13-5(11)2-6(14-8)12-3-4(15)7(9)10/h2,4,7,15H,3H2,1H3,(H3,11,12,13,14). The van der Waals surface area contributed by atoms with Crippen molar-refractivity contribution >= 4 is 23.4 Å². The SMILES string of the molecule is CSc1nc(N)cc(NCC(O)C(F)F)n1. The molecule has 1 rings (SSSR count). The van der Waals surface area contributed by atoms with Crippen LogP contribution in [0.2, 0.25) is 0 Å². The highest BCUT2D eigenvalue weighted by Gasteiger charge is 2.16. The normalized spacial score (nSPS) is 12.8. The predicted molar refractivity (Wildman–Crippen MR) is 58.7 cm³/mol. The number of hydrogen-bond donors (Lipinski definition) is 3. The second-order valence-corrected chi connectivity index (χ2v) is 3.72. The first-order valence-corrected chi connectivity index (χ1v) is 5.64. The number of anilines is 2.